The average molecular weight is 567 g/mol. The molecule has 36 heavy (non-hydrogen) atoms. The van der Waals surface area contributed by atoms with Crippen molar-refractivity contribution in [3.63, 3.8) is 0 Å². The normalized spacial score (nSPS) is 12.3. The first-order valence-corrected chi connectivity index (χ1v) is 11.7. The molecule has 2 aromatic heterocycles. The monoisotopic (exact) mass is 566 g/mol. The van der Waals surface area contributed by atoms with Gasteiger partial charge in [0.15, 0.2) is 11.5 Å². The Bertz CT molecular complexity index is 1440. The molecule has 0 saturated heterocycles. The van der Waals surface area contributed by atoms with E-state index in [0.29, 0.717) is 21.9 Å². The molecule has 5 nitrogen and oxygen atoms in total. The van der Waals surface area contributed by atoms with Gasteiger partial charge in [0.25, 0.3) is 0 Å². The predicted octanol–water partition coefficient (Wildman–Crippen LogP) is 7.16. The summed E-state index contributed by atoms with van der Waals surface area (Å²) >= 11 is 12.6. The molecule has 0 atom stereocenters. The summed E-state index contributed by atoms with van der Waals surface area (Å²) in [5.41, 5.74) is -1.69. The van der Waals surface area contributed by atoms with Gasteiger partial charge < -0.3 is 0 Å². The highest BCUT2D eigenvalue weighted by Gasteiger charge is 2.38. The van der Waals surface area contributed by atoms with Crippen molar-refractivity contribution < 1.29 is 26.3 Å². The molecule has 14 heteroatoms. The molecular weight excluding hydrogens is 553 g/mol. The number of nitrogens with zero attached hydrogens (tertiary/aromatic N) is 4. The molecule has 0 saturated carbocycles. The summed E-state index contributed by atoms with van der Waals surface area (Å²) in [6.45, 7) is -1.21. The largest absolute Gasteiger partial charge is 0.434 e. The Balaban J connectivity index is 1.78. The van der Waals surface area contributed by atoms with Crippen LogP contribution in [-0.2, 0) is 19.3 Å². The van der Waals surface area contributed by atoms with Crippen LogP contribution in [0.2, 0.25) is 10.0 Å². The molecule has 2 heterocycles. The number of halogens is 8. The molecule has 0 aliphatic rings. The first-order chi connectivity index (χ1) is 16.8. The molecule has 190 valence electrons. The molecule has 4 aromatic rings. The van der Waals surface area contributed by atoms with Gasteiger partial charge in [-0.15, -0.1) is 16.4 Å². The second kappa shape index (κ2) is 9.91. The van der Waals surface area contributed by atoms with Crippen LogP contribution >= 0.6 is 34.5 Å². The molecule has 0 aliphatic carbocycles. The summed E-state index contributed by atoms with van der Waals surface area (Å²) in [6.07, 6.45) is -10.7. The lowest BCUT2D eigenvalue weighted by atomic mass is 10.1. The third-order valence-corrected chi connectivity index (χ3v) is 6.64. The Kier molecular flexibility index (Phi) is 7.22. The molecule has 2 aromatic carbocycles. The van der Waals surface area contributed by atoms with E-state index >= 15 is 0 Å². The van der Waals surface area contributed by atoms with Gasteiger partial charge in [0, 0.05) is 27.7 Å². The van der Waals surface area contributed by atoms with Crippen molar-refractivity contribution in [2.24, 2.45) is 0 Å². The molecule has 0 aliphatic heterocycles. The Morgan fingerprint density at radius 3 is 2.22 bits per heavy atom. The maximum Gasteiger partial charge on any atom is 0.434 e. The smallest absolute Gasteiger partial charge is 0.275 e. The van der Waals surface area contributed by atoms with Crippen molar-refractivity contribution in [2.45, 2.75) is 31.9 Å². The van der Waals surface area contributed by atoms with Crippen molar-refractivity contribution >= 4 is 34.5 Å². The number of alkyl halides is 6. The molecule has 0 fully saturated rings. The topological polar surface area (TPSA) is 52.7 Å². The number of rotatable bonds is 6. The summed E-state index contributed by atoms with van der Waals surface area (Å²) in [4.78, 5) is 16.4. The number of thiazole rings is 1. The third kappa shape index (κ3) is 5.76. The zero-order chi connectivity index (χ0) is 26.3. The second-order valence-corrected chi connectivity index (χ2v) is 9.48. The van der Waals surface area contributed by atoms with Gasteiger partial charge in [0.2, 0.25) is 0 Å². The Labute approximate surface area is 213 Å². The van der Waals surface area contributed by atoms with Crippen LogP contribution in [0.1, 0.15) is 17.1 Å². The van der Waals surface area contributed by atoms with Crippen LogP contribution in [-0.4, -0.2) is 25.5 Å². The molecule has 0 spiro atoms. The average Bonchev–Trinajstić information content (AvgIpc) is 3.34. The van der Waals surface area contributed by atoms with Crippen molar-refractivity contribution in [2.75, 3.05) is 0 Å². The van der Waals surface area contributed by atoms with E-state index in [1.807, 2.05) is 0 Å². The number of aromatic nitrogens is 4. The highest BCUT2D eigenvalue weighted by atomic mass is 35.5. The van der Waals surface area contributed by atoms with Crippen molar-refractivity contribution in [1.29, 1.82) is 0 Å². The van der Waals surface area contributed by atoms with Gasteiger partial charge in [-0.25, -0.2) is 14.5 Å². The maximum absolute atomic E-state index is 13.7. The fourth-order valence-electron chi connectivity index (χ4n) is 3.38. The lowest BCUT2D eigenvalue weighted by molar-refractivity contribution is -0.140. The standard InChI is InChI=1S/C22H14Cl2F6N4OS/c23-13-7-5-12(6-8-13)19-32-34(20(35)33(19)10-9-21(25,26)27)11-16-31-18(22(28,29)30)17(36-16)14-3-1-2-4-15(14)24/h1-8H,9-11H2. The molecule has 0 bridgehead atoms. The predicted molar refractivity (Wildman–Crippen MR) is 124 cm³/mol. The summed E-state index contributed by atoms with van der Waals surface area (Å²) in [5.74, 6) is -0.0835. The van der Waals surface area contributed by atoms with Gasteiger partial charge in [-0.3, -0.25) is 4.57 Å². The lowest BCUT2D eigenvalue weighted by Gasteiger charge is -2.08. The summed E-state index contributed by atoms with van der Waals surface area (Å²) in [7, 11) is 0. The Morgan fingerprint density at radius 2 is 1.61 bits per heavy atom. The van der Waals surface area contributed by atoms with Gasteiger partial charge in [-0.1, -0.05) is 41.4 Å². The lowest BCUT2D eigenvalue weighted by Crippen LogP contribution is -2.27. The van der Waals surface area contributed by atoms with Gasteiger partial charge >= 0.3 is 18.0 Å². The second-order valence-electron chi connectivity index (χ2n) is 7.55. The molecule has 0 amide bonds. The summed E-state index contributed by atoms with van der Waals surface area (Å²) in [6, 6.07) is 11.8. The molecule has 0 N–H and O–H groups in total. The van der Waals surface area contributed by atoms with Crippen LogP contribution in [0.4, 0.5) is 26.3 Å². The maximum atomic E-state index is 13.7. The quantitative estimate of drug-likeness (QED) is 0.233. The number of hydrogen-bond donors (Lipinski definition) is 0. The summed E-state index contributed by atoms with van der Waals surface area (Å²) < 4.78 is 81.4. The minimum atomic E-state index is -4.81. The van der Waals surface area contributed by atoms with E-state index in [0.717, 1.165) is 9.25 Å². The van der Waals surface area contributed by atoms with Gasteiger partial charge in [0.1, 0.15) is 5.01 Å². The van der Waals surface area contributed by atoms with Crippen LogP contribution < -0.4 is 5.69 Å². The van der Waals surface area contributed by atoms with E-state index < -0.39 is 43.2 Å². The first kappa shape index (κ1) is 26.2. The summed E-state index contributed by atoms with van der Waals surface area (Å²) in [5, 5.41) is 4.43. The van der Waals surface area contributed by atoms with Gasteiger partial charge in [-0.05, 0) is 30.3 Å². The van der Waals surface area contributed by atoms with Crippen LogP contribution in [0.5, 0.6) is 0 Å². The van der Waals surface area contributed by atoms with Crippen LogP contribution in [0.15, 0.2) is 53.3 Å². The van der Waals surface area contributed by atoms with Crippen LogP contribution in [0.25, 0.3) is 21.8 Å². The zero-order valence-corrected chi connectivity index (χ0v) is 20.2. The highest BCUT2D eigenvalue weighted by molar-refractivity contribution is 7.15. The van der Waals surface area contributed by atoms with E-state index in [2.05, 4.69) is 10.1 Å². The Hall–Kier alpha value is -2.83. The number of hydrogen-bond acceptors (Lipinski definition) is 4. The minimum absolute atomic E-state index is 0.0804. The van der Waals surface area contributed by atoms with Gasteiger partial charge in [0.05, 0.1) is 17.8 Å². The Morgan fingerprint density at radius 1 is 0.944 bits per heavy atom. The first-order valence-electron chi connectivity index (χ1n) is 10.2. The molecular formula is C22H14Cl2F6N4OS. The molecule has 4 rings (SSSR count). The van der Waals surface area contributed by atoms with Crippen molar-refractivity contribution in [3.8, 4) is 21.8 Å². The van der Waals surface area contributed by atoms with E-state index in [1.165, 1.54) is 42.5 Å². The fraction of sp³-hybridized carbons (Fsp3) is 0.227. The van der Waals surface area contributed by atoms with E-state index in [-0.39, 0.29) is 26.3 Å². The zero-order valence-electron chi connectivity index (χ0n) is 17.9. The SMILES string of the molecule is O=c1n(Cc2nc(C(F)(F)F)c(-c3ccccc3Cl)s2)nc(-c2ccc(Cl)cc2)n1CCC(F)(F)F. The van der Waals surface area contributed by atoms with Crippen molar-refractivity contribution in [1.82, 2.24) is 19.3 Å². The molecule has 0 radical (unpaired) electrons. The van der Waals surface area contributed by atoms with E-state index in [4.69, 9.17) is 23.2 Å². The fourth-order valence-corrected chi connectivity index (χ4v) is 4.89. The third-order valence-electron chi connectivity index (χ3n) is 4.99. The van der Waals surface area contributed by atoms with Crippen LogP contribution in [0, 0.1) is 0 Å². The van der Waals surface area contributed by atoms with Crippen molar-refractivity contribution in [3.05, 3.63) is 79.8 Å². The number of benzene rings is 2. The van der Waals surface area contributed by atoms with Crippen LogP contribution in [0.3, 0.4) is 0 Å². The van der Waals surface area contributed by atoms with Gasteiger partial charge in [-0.2, -0.15) is 26.3 Å². The molecule has 0 unspecified atom stereocenters. The van der Waals surface area contributed by atoms with E-state index in [1.54, 1.807) is 6.07 Å². The van der Waals surface area contributed by atoms with E-state index in [9.17, 15) is 31.1 Å². The highest BCUT2D eigenvalue weighted by Crippen LogP contribution is 2.42. The minimum Gasteiger partial charge on any atom is -0.275 e.